The molecule has 3 heterocycles. The highest BCUT2D eigenvalue weighted by molar-refractivity contribution is 5.76. The number of likely N-dealkylation sites (tertiary alicyclic amines) is 1. The smallest absolute Gasteiger partial charge is 0.222 e. The SMILES string of the molecule is C[C@@H](CCC(=O)N1CCN([C@H](c2ccccc2)c2nccn2C)CC1)N1CCCC1. The zero-order valence-electron chi connectivity index (χ0n) is 18.4. The number of rotatable bonds is 7. The summed E-state index contributed by atoms with van der Waals surface area (Å²) in [6.07, 6.45) is 8.12. The molecule has 2 saturated heterocycles. The highest BCUT2D eigenvalue weighted by Gasteiger charge is 2.30. The number of aromatic nitrogens is 2. The van der Waals surface area contributed by atoms with Gasteiger partial charge in [0.25, 0.3) is 0 Å². The summed E-state index contributed by atoms with van der Waals surface area (Å²) in [6.45, 7) is 8.01. The Morgan fingerprint density at radius 2 is 1.70 bits per heavy atom. The summed E-state index contributed by atoms with van der Waals surface area (Å²) in [5.41, 5.74) is 1.26. The Morgan fingerprint density at radius 3 is 2.33 bits per heavy atom. The maximum Gasteiger partial charge on any atom is 0.222 e. The second kappa shape index (κ2) is 9.75. The molecule has 4 rings (SSSR count). The van der Waals surface area contributed by atoms with Gasteiger partial charge in [-0.05, 0) is 44.8 Å². The van der Waals surface area contributed by atoms with Crippen LogP contribution in [0.3, 0.4) is 0 Å². The van der Waals surface area contributed by atoms with Gasteiger partial charge in [0.1, 0.15) is 5.82 Å². The molecule has 0 spiro atoms. The average Bonchev–Trinajstić information content (AvgIpc) is 3.46. The molecule has 6 heteroatoms. The van der Waals surface area contributed by atoms with Gasteiger partial charge in [-0.1, -0.05) is 30.3 Å². The van der Waals surface area contributed by atoms with Crippen LogP contribution in [0.5, 0.6) is 0 Å². The Kier molecular flexibility index (Phi) is 6.85. The van der Waals surface area contributed by atoms with E-state index in [-0.39, 0.29) is 6.04 Å². The van der Waals surface area contributed by atoms with Crippen LogP contribution < -0.4 is 0 Å². The Morgan fingerprint density at radius 1 is 1.00 bits per heavy atom. The van der Waals surface area contributed by atoms with Crippen molar-refractivity contribution in [1.82, 2.24) is 24.3 Å². The summed E-state index contributed by atoms with van der Waals surface area (Å²) < 4.78 is 2.11. The maximum atomic E-state index is 12.8. The Hall–Kier alpha value is -2.18. The van der Waals surface area contributed by atoms with Crippen LogP contribution in [-0.2, 0) is 11.8 Å². The van der Waals surface area contributed by atoms with Gasteiger partial charge in [-0.2, -0.15) is 0 Å². The van der Waals surface area contributed by atoms with Crippen molar-refractivity contribution in [2.45, 2.75) is 44.7 Å². The van der Waals surface area contributed by atoms with Gasteiger partial charge < -0.3 is 14.4 Å². The van der Waals surface area contributed by atoms with Crippen LogP contribution in [0, 0.1) is 0 Å². The van der Waals surface area contributed by atoms with Crippen molar-refractivity contribution in [3.8, 4) is 0 Å². The first-order valence-corrected chi connectivity index (χ1v) is 11.4. The van der Waals surface area contributed by atoms with Gasteiger partial charge in [-0.3, -0.25) is 9.69 Å². The zero-order chi connectivity index (χ0) is 20.9. The largest absolute Gasteiger partial charge is 0.340 e. The lowest BCUT2D eigenvalue weighted by Crippen LogP contribution is -2.50. The standard InChI is InChI=1S/C24H35N5O/c1-20(27-13-6-7-14-27)10-11-22(30)28-16-18-29(19-17-28)23(21-8-4-3-5-9-21)24-25-12-15-26(24)2/h3-5,8-9,12,15,20,23H,6-7,10-11,13-14,16-19H2,1-2H3/t20-,23+/m0/s1. The number of benzene rings is 1. The quantitative estimate of drug-likeness (QED) is 0.705. The number of amides is 1. The van der Waals surface area contributed by atoms with Crippen molar-refractivity contribution < 1.29 is 4.79 Å². The summed E-state index contributed by atoms with van der Waals surface area (Å²) in [7, 11) is 2.06. The van der Waals surface area contributed by atoms with Crippen LogP contribution in [0.15, 0.2) is 42.7 Å². The zero-order valence-corrected chi connectivity index (χ0v) is 18.4. The van der Waals surface area contributed by atoms with E-state index < -0.39 is 0 Å². The molecule has 0 unspecified atom stereocenters. The number of carbonyl (C=O) groups is 1. The number of hydrogen-bond donors (Lipinski definition) is 0. The van der Waals surface area contributed by atoms with Gasteiger partial charge in [-0.15, -0.1) is 0 Å². The Labute approximate surface area is 180 Å². The number of imidazole rings is 1. The molecule has 0 aliphatic carbocycles. The molecule has 0 radical (unpaired) electrons. The fourth-order valence-corrected chi connectivity index (χ4v) is 4.88. The third kappa shape index (κ3) is 4.76. The number of piperazine rings is 1. The number of carbonyl (C=O) groups excluding carboxylic acids is 1. The van der Waals surface area contributed by atoms with E-state index in [0.717, 1.165) is 38.4 Å². The average molecular weight is 410 g/mol. The van der Waals surface area contributed by atoms with Crippen molar-refractivity contribution in [1.29, 1.82) is 0 Å². The molecule has 2 fully saturated rings. The van der Waals surface area contributed by atoms with Crippen LogP contribution in [-0.4, -0.2) is 75.5 Å². The molecule has 0 bridgehead atoms. The highest BCUT2D eigenvalue weighted by Crippen LogP contribution is 2.28. The summed E-state index contributed by atoms with van der Waals surface area (Å²) in [6, 6.07) is 11.2. The van der Waals surface area contributed by atoms with Crippen LogP contribution >= 0.6 is 0 Å². The van der Waals surface area contributed by atoms with Crippen molar-refractivity contribution in [3.05, 3.63) is 54.1 Å². The molecule has 2 aromatic rings. The molecule has 0 N–H and O–H groups in total. The molecular formula is C24H35N5O. The first kappa shape index (κ1) is 21.1. The predicted molar refractivity (Wildman–Crippen MR) is 119 cm³/mol. The van der Waals surface area contributed by atoms with Crippen molar-refractivity contribution in [2.75, 3.05) is 39.3 Å². The lowest BCUT2D eigenvalue weighted by Gasteiger charge is -2.39. The van der Waals surface area contributed by atoms with Gasteiger partial charge in [0.05, 0.1) is 6.04 Å². The van der Waals surface area contributed by atoms with Crippen molar-refractivity contribution >= 4 is 5.91 Å². The van der Waals surface area contributed by atoms with Gasteiger partial charge in [0, 0.05) is 58.1 Å². The van der Waals surface area contributed by atoms with E-state index in [1.807, 2.05) is 12.4 Å². The van der Waals surface area contributed by atoms with Crippen molar-refractivity contribution in [3.63, 3.8) is 0 Å². The minimum Gasteiger partial charge on any atom is -0.340 e. The van der Waals surface area contributed by atoms with E-state index in [4.69, 9.17) is 0 Å². The Balaban J connectivity index is 1.35. The first-order valence-electron chi connectivity index (χ1n) is 11.4. The van der Waals surface area contributed by atoms with Gasteiger partial charge in [0.15, 0.2) is 0 Å². The summed E-state index contributed by atoms with van der Waals surface area (Å²) in [5, 5.41) is 0. The molecule has 2 aliphatic heterocycles. The summed E-state index contributed by atoms with van der Waals surface area (Å²) in [5.74, 6) is 1.37. The maximum absolute atomic E-state index is 12.8. The molecule has 1 amide bonds. The molecule has 2 aliphatic rings. The third-order valence-corrected chi connectivity index (χ3v) is 6.79. The molecule has 1 aromatic carbocycles. The molecule has 6 nitrogen and oxygen atoms in total. The summed E-state index contributed by atoms with van der Waals surface area (Å²) >= 11 is 0. The Bertz CT molecular complexity index is 806. The van der Waals surface area contributed by atoms with Crippen molar-refractivity contribution in [2.24, 2.45) is 7.05 Å². The van der Waals surface area contributed by atoms with E-state index in [1.165, 1.54) is 31.5 Å². The molecule has 1 aromatic heterocycles. The van der Waals surface area contributed by atoms with Crippen LogP contribution in [0.2, 0.25) is 0 Å². The second-order valence-corrected chi connectivity index (χ2v) is 8.76. The number of nitrogens with zero attached hydrogens (tertiary/aromatic N) is 5. The molecule has 30 heavy (non-hydrogen) atoms. The summed E-state index contributed by atoms with van der Waals surface area (Å²) in [4.78, 5) is 24.5. The normalized spacial score (nSPS) is 20.4. The minimum absolute atomic E-state index is 0.124. The third-order valence-electron chi connectivity index (χ3n) is 6.79. The molecular weight excluding hydrogens is 374 g/mol. The first-order chi connectivity index (χ1) is 14.6. The lowest BCUT2D eigenvalue weighted by molar-refractivity contribution is -0.133. The molecule has 0 saturated carbocycles. The number of hydrogen-bond acceptors (Lipinski definition) is 4. The number of aryl methyl sites for hydroxylation is 1. The van der Waals surface area contributed by atoms with E-state index in [0.29, 0.717) is 18.4 Å². The van der Waals surface area contributed by atoms with E-state index >= 15 is 0 Å². The predicted octanol–water partition coefficient (Wildman–Crippen LogP) is 2.92. The lowest BCUT2D eigenvalue weighted by atomic mass is 10.0. The van der Waals surface area contributed by atoms with Gasteiger partial charge in [0.2, 0.25) is 5.91 Å². The fraction of sp³-hybridized carbons (Fsp3) is 0.583. The van der Waals surface area contributed by atoms with Gasteiger partial charge >= 0.3 is 0 Å². The second-order valence-electron chi connectivity index (χ2n) is 8.76. The highest BCUT2D eigenvalue weighted by atomic mass is 16.2. The molecule has 2 atom stereocenters. The van der Waals surface area contributed by atoms with E-state index in [9.17, 15) is 4.79 Å². The van der Waals surface area contributed by atoms with Crippen LogP contribution in [0.4, 0.5) is 0 Å². The topological polar surface area (TPSA) is 44.6 Å². The van der Waals surface area contributed by atoms with Crippen LogP contribution in [0.1, 0.15) is 50.0 Å². The van der Waals surface area contributed by atoms with E-state index in [2.05, 4.69) is 68.6 Å². The fourth-order valence-electron chi connectivity index (χ4n) is 4.88. The van der Waals surface area contributed by atoms with E-state index in [1.54, 1.807) is 0 Å². The molecule has 162 valence electrons. The van der Waals surface area contributed by atoms with Gasteiger partial charge in [-0.25, -0.2) is 4.98 Å². The minimum atomic E-state index is 0.124. The van der Waals surface area contributed by atoms with Crippen LogP contribution in [0.25, 0.3) is 0 Å². The monoisotopic (exact) mass is 409 g/mol.